The molecule has 10 amide bonds. The molecule has 83 heavy (non-hydrogen) atoms. The van der Waals surface area contributed by atoms with Crippen LogP contribution in [0.1, 0.15) is 110 Å². The number of hydrogen-bond acceptors (Lipinski definition) is 17. The first-order valence-corrected chi connectivity index (χ1v) is 30.5. The van der Waals surface area contributed by atoms with E-state index in [0.29, 0.717) is 50.0 Å². The van der Waals surface area contributed by atoms with Crippen LogP contribution in [-0.2, 0) is 59.2 Å². The van der Waals surface area contributed by atoms with Crippen molar-refractivity contribution >= 4 is 94.5 Å². The quantitative estimate of drug-likeness (QED) is 0.0174. The zero-order chi connectivity index (χ0) is 62.6. The SMILES string of the molecule is CC[C@H](C)[C@H](NC(C)=O)C(=O)N[C@H](C(=O)N[C@@H](CCSC)C(=O)N[C@@H](Cc1ccccc1)C(=O)N[C@@H](CCCCN)C(=O)N[C@@H](CCSC)C(=O)N[C@@H](CC(=O)O)C(=O)N[C@@H](CCCN=C(N)N)C(=O)N[C@@H](CCCCN)C(N)=O)[C@@H](C)O. The van der Waals surface area contributed by atoms with Crippen molar-refractivity contribution in [2.24, 2.45) is 39.6 Å². The van der Waals surface area contributed by atoms with Gasteiger partial charge in [0.2, 0.25) is 59.1 Å². The number of amides is 10. The summed E-state index contributed by atoms with van der Waals surface area (Å²) in [4.78, 5) is 153. The lowest BCUT2D eigenvalue weighted by atomic mass is 9.97. The fraction of sp³-hybridized carbons (Fsp3) is 0.660. The van der Waals surface area contributed by atoms with Crippen molar-refractivity contribution in [3.63, 3.8) is 0 Å². The van der Waals surface area contributed by atoms with E-state index in [1.165, 1.54) is 37.4 Å². The van der Waals surface area contributed by atoms with Gasteiger partial charge in [-0.3, -0.25) is 57.7 Å². The van der Waals surface area contributed by atoms with E-state index in [0.717, 1.165) is 0 Å². The molecule has 0 aromatic heterocycles. The normalized spacial score (nSPS) is 15.0. The molecule has 21 N–H and O–H groups in total. The number of carboxylic acid groups (broad SMARTS) is 1. The Morgan fingerprint density at radius 2 is 0.940 bits per heavy atom. The number of carbonyl (C=O) groups is 11. The maximum Gasteiger partial charge on any atom is 0.305 e. The third-order valence-corrected chi connectivity index (χ3v) is 14.4. The number of nitrogens with zero attached hydrogens (tertiary/aromatic N) is 1. The van der Waals surface area contributed by atoms with Gasteiger partial charge in [-0.05, 0) is 120 Å². The number of nitrogens with two attached hydrogens (primary N) is 5. The molecule has 0 fully saturated rings. The molecule has 28 nitrogen and oxygen atoms in total. The van der Waals surface area contributed by atoms with Gasteiger partial charge in [-0.25, -0.2) is 0 Å². The van der Waals surface area contributed by atoms with Gasteiger partial charge in [0.25, 0.3) is 0 Å². The van der Waals surface area contributed by atoms with Crippen molar-refractivity contribution in [1.29, 1.82) is 0 Å². The summed E-state index contributed by atoms with van der Waals surface area (Å²) in [6, 6.07) is -3.94. The van der Waals surface area contributed by atoms with E-state index in [2.05, 4.69) is 52.8 Å². The summed E-state index contributed by atoms with van der Waals surface area (Å²) in [6.07, 6.45) is 3.21. The molecule has 1 aromatic carbocycles. The van der Waals surface area contributed by atoms with E-state index in [4.69, 9.17) is 28.7 Å². The number of rotatable bonds is 43. The van der Waals surface area contributed by atoms with Crippen LogP contribution in [0.3, 0.4) is 0 Å². The predicted molar refractivity (Wildman–Crippen MR) is 317 cm³/mol. The number of carboxylic acids is 1. The molecule has 1 rings (SSSR count). The van der Waals surface area contributed by atoms with Crippen LogP contribution in [0, 0.1) is 5.92 Å². The van der Waals surface area contributed by atoms with Crippen molar-refractivity contribution in [2.75, 3.05) is 43.7 Å². The zero-order valence-corrected chi connectivity index (χ0v) is 50.1. The summed E-state index contributed by atoms with van der Waals surface area (Å²) in [5, 5.41) is 43.8. The fourth-order valence-corrected chi connectivity index (χ4v) is 9.17. The zero-order valence-electron chi connectivity index (χ0n) is 48.5. The summed E-state index contributed by atoms with van der Waals surface area (Å²) >= 11 is 2.66. The third kappa shape index (κ3) is 29.9. The fourth-order valence-electron chi connectivity index (χ4n) is 8.23. The Balaban J connectivity index is 3.64. The molecule has 0 saturated heterocycles. The molecule has 0 bridgehead atoms. The molecule has 11 atom stereocenters. The lowest BCUT2D eigenvalue weighted by Crippen LogP contribution is -2.62. The van der Waals surface area contributed by atoms with Gasteiger partial charge in [-0.15, -0.1) is 0 Å². The highest BCUT2D eigenvalue weighted by atomic mass is 32.2. The number of nitrogens with one attached hydrogen (secondary N) is 9. The number of unbranched alkanes of at least 4 members (excludes halogenated alkanes) is 2. The second-order valence-corrected chi connectivity index (χ2v) is 22.0. The van der Waals surface area contributed by atoms with Crippen LogP contribution in [0.5, 0.6) is 0 Å². The van der Waals surface area contributed by atoms with E-state index in [1.807, 2.05) is 6.92 Å². The summed E-state index contributed by atoms with van der Waals surface area (Å²) in [6.45, 7) is 6.61. The lowest BCUT2D eigenvalue weighted by molar-refractivity contribution is -0.141. The maximum atomic E-state index is 14.6. The molecular formula is C53H91N15O13S2. The number of hydrogen-bond donors (Lipinski definition) is 16. The minimum Gasteiger partial charge on any atom is -0.481 e. The van der Waals surface area contributed by atoms with Crippen LogP contribution in [0.4, 0.5) is 0 Å². The molecule has 0 aliphatic carbocycles. The molecule has 0 unspecified atom stereocenters. The number of benzene rings is 1. The van der Waals surface area contributed by atoms with Crippen LogP contribution >= 0.6 is 23.5 Å². The Bertz CT molecular complexity index is 2280. The Morgan fingerprint density at radius 3 is 1.37 bits per heavy atom. The van der Waals surface area contributed by atoms with E-state index >= 15 is 0 Å². The van der Waals surface area contributed by atoms with Crippen LogP contribution in [-0.4, -0.2) is 185 Å². The topological polar surface area (TPSA) is 479 Å². The third-order valence-electron chi connectivity index (χ3n) is 13.1. The molecule has 0 radical (unpaired) electrons. The number of aliphatic hydroxyl groups excluding tert-OH is 1. The number of primary amides is 1. The van der Waals surface area contributed by atoms with Gasteiger partial charge in [0, 0.05) is 19.9 Å². The standard InChI is InChI=1S/C53H91N15O13S2/c1-7-30(2)42(60-32(4)70)51(80)68-43(31(3)69)52(81)65-38(22-27-83-6)48(77)66-39(28-33-16-9-8-10-17-33)49(78)62-35(19-12-14-24-55)46(75)64-37(21-26-82-5)47(76)67-40(29-41(71)72)50(79)63-36(20-15-25-59-53(57)58)45(74)61-34(44(56)73)18-11-13-23-54/h8-10,16-17,30-31,34-40,42-43,69H,7,11-15,18-29,54-55H2,1-6H3,(H2,56,73)(H,60,70)(H,61,74)(H,62,78)(H,63,79)(H,64,75)(H,65,81)(H,66,77)(H,67,76)(H,68,80)(H,71,72)(H4,57,58,59)/t30-,31+,34-,35-,36-,37-,38-,39-,40-,42-,43-/m0/s1. The lowest BCUT2D eigenvalue weighted by Gasteiger charge is -2.29. The van der Waals surface area contributed by atoms with Crippen LogP contribution < -0.4 is 76.5 Å². The minimum absolute atomic E-state index is 0.0172. The first kappa shape index (κ1) is 74.3. The van der Waals surface area contributed by atoms with Gasteiger partial charge in [0.1, 0.15) is 54.4 Å². The minimum atomic E-state index is -1.82. The van der Waals surface area contributed by atoms with Crippen LogP contribution in [0.2, 0.25) is 0 Å². The maximum absolute atomic E-state index is 14.6. The summed E-state index contributed by atoms with van der Waals surface area (Å²) in [5.41, 5.74) is 28.4. The number of thioether (sulfide) groups is 2. The van der Waals surface area contributed by atoms with Gasteiger partial charge in [-0.1, -0.05) is 50.6 Å². The predicted octanol–water partition coefficient (Wildman–Crippen LogP) is -3.18. The number of aliphatic imine (C=N–C) groups is 1. The van der Waals surface area contributed by atoms with Gasteiger partial charge in [0.05, 0.1) is 12.5 Å². The van der Waals surface area contributed by atoms with E-state index in [-0.39, 0.29) is 75.7 Å². The van der Waals surface area contributed by atoms with E-state index in [9.17, 15) is 63.0 Å². The second kappa shape index (κ2) is 41.3. The molecule has 30 heteroatoms. The Labute approximate surface area is 494 Å². The van der Waals surface area contributed by atoms with Crippen molar-refractivity contribution in [2.45, 2.75) is 172 Å². The van der Waals surface area contributed by atoms with Gasteiger partial charge in [-0.2, -0.15) is 23.5 Å². The number of guanidine groups is 1. The Hall–Kier alpha value is -6.76. The first-order valence-electron chi connectivity index (χ1n) is 27.7. The summed E-state index contributed by atoms with van der Waals surface area (Å²) in [5.74, 6) is -9.97. The van der Waals surface area contributed by atoms with Gasteiger partial charge in [0.15, 0.2) is 5.96 Å². The van der Waals surface area contributed by atoms with Gasteiger partial charge < -0.3 is 86.7 Å². The monoisotopic (exact) mass is 1210 g/mol. The molecule has 1 aromatic rings. The molecule has 0 aliphatic heterocycles. The number of carbonyl (C=O) groups excluding carboxylic acids is 10. The Kier molecular flexibility index (Phi) is 36.9. The van der Waals surface area contributed by atoms with E-state index in [1.54, 1.807) is 49.8 Å². The average Bonchev–Trinajstić information content (AvgIpc) is 3.48. The molecule has 468 valence electrons. The summed E-state index contributed by atoms with van der Waals surface area (Å²) in [7, 11) is 0. The van der Waals surface area contributed by atoms with Crippen LogP contribution in [0.25, 0.3) is 0 Å². The van der Waals surface area contributed by atoms with Crippen molar-refractivity contribution in [1.82, 2.24) is 47.9 Å². The van der Waals surface area contributed by atoms with Crippen molar-refractivity contribution in [3.8, 4) is 0 Å². The highest BCUT2D eigenvalue weighted by Gasteiger charge is 2.37. The number of aliphatic carboxylic acids is 1. The first-order chi connectivity index (χ1) is 39.3. The highest BCUT2D eigenvalue weighted by molar-refractivity contribution is 7.98. The van der Waals surface area contributed by atoms with Crippen LogP contribution in [0.15, 0.2) is 35.3 Å². The molecule has 0 spiro atoms. The Morgan fingerprint density at radius 1 is 0.530 bits per heavy atom. The number of aliphatic hydroxyl groups is 1. The van der Waals surface area contributed by atoms with Crippen molar-refractivity contribution in [3.05, 3.63) is 35.9 Å². The van der Waals surface area contributed by atoms with Crippen molar-refractivity contribution < 1.29 is 63.0 Å². The second-order valence-electron chi connectivity index (χ2n) is 20.0. The van der Waals surface area contributed by atoms with Gasteiger partial charge >= 0.3 is 5.97 Å². The summed E-state index contributed by atoms with van der Waals surface area (Å²) < 4.78 is 0. The molecule has 0 aliphatic rings. The smallest absolute Gasteiger partial charge is 0.305 e. The van der Waals surface area contributed by atoms with E-state index < -0.39 is 132 Å². The molecule has 0 saturated carbocycles. The molecular weight excluding hydrogens is 1120 g/mol. The average molecular weight is 1210 g/mol. The highest BCUT2D eigenvalue weighted by Crippen LogP contribution is 2.13. The molecule has 0 heterocycles. The largest absolute Gasteiger partial charge is 0.481 e.